The van der Waals surface area contributed by atoms with Gasteiger partial charge in [0.1, 0.15) is 5.75 Å². The van der Waals surface area contributed by atoms with Crippen LogP contribution in [0, 0.1) is 6.08 Å². The summed E-state index contributed by atoms with van der Waals surface area (Å²) in [5.74, 6) is 0.205. The molecule has 0 N–H and O–H groups in total. The molecule has 14 heavy (non-hydrogen) atoms. The van der Waals surface area contributed by atoms with Gasteiger partial charge in [-0.25, -0.2) is 0 Å². The molecule has 0 aromatic heterocycles. The van der Waals surface area contributed by atoms with Crippen LogP contribution in [0.1, 0.15) is 18.1 Å². The third-order valence-corrected chi connectivity index (χ3v) is 1.89. The van der Waals surface area contributed by atoms with Crippen molar-refractivity contribution in [3.05, 3.63) is 42.0 Å². The maximum absolute atomic E-state index is 12.0. The SMILES string of the molecule is C=[C]c1cccc(OC(F)F)c1CC. The molecule has 0 spiro atoms. The molecule has 0 heterocycles. The molecule has 0 unspecified atom stereocenters. The van der Waals surface area contributed by atoms with E-state index in [4.69, 9.17) is 0 Å². The third kappa shape index (κ3) is 2.31. The zero-order valence-electron chi connectivity index (χ0n) is 7.89. The Labute approximate surface area is 82.0 Å². The van der Waals surface area contributed by atoms with Gasteiger partial charge in [0, 0.05) is 5.56 Å². The number of rotatable bonds is 4. The van der Waals surface area contributed by atoms with Crippen molar-refractivity contribution in [2.24, 2.45) is 0 Å². The van der Waals surface area contributed by atoms with Crippen LogP contribution in [0.3, 0.4) is 0 Å². The molecule has 1 nitrogen and oxygen atoms in total. The number of hydrogen-bond donors (Lipinski definition) is 0. The van der Waals surface area contributed by atoms with Crippen molar-refractivity contribution < 1.29 is 13.5 Å². The van der Waals surface area contributed by atoms with Crippen LogP contribution in [0.5, 0.6) is 5.75 Å². The molecular formula is C11H11F2O. The van der Waals surface area contributed by atoms with Crippen LogP contribution in [0.25, 0.3) is 0 Å². The van der Waals surface area contributed by atoms with Crippen LogP contribution in [0.15, 0.2) is 24.8 Å². The fraction of sp³-hybridized carbons (Fsp3) is 0.273. The van der Waals surface area contributed by atoms with E-state index in [1.54, 1.807) is 12.1 Å². The van der Waals surface area contributed by atoms with E-state index in [0.717, 1.165) is 0 Å². The van der Waals surface area contributed by atoms with Gasteiger partial charge >= 0.3 is 6.61 Å². The summed E-state index contributed by atoms with van der Waals surface area (Å²) < 4.78 is 28.4. The summed E-state index contributed by atoms with van der Waals surface area (Å²) in [5, 5.41) is 0. The Morgan fingerprint density at radius 2 is 2.21 bits per heavy atom. The van der Waals surface area contributed by atoms with Crippen LogP contribution in [0.4, 0.5) is 8.78 Å². The molecule has 3 heteroatoms. The van der Waals surface area contributed by atoms with E-state index in [1.165, 1.54) is 6.07 Å². The normalized spacial score (nSPS) is 10.3. The van der Waals surface area contributed by atoms with Crippen molar-refractivity contribution in [3.8, 4) is 5.75 Å². The van der Waals surface area contributed by atoms with Crippen LogP contribution in [-0.2, 0) is 6.42 Å². The third-order valence-electron chi connectivity index (χ3n) is 1.89. The molecule has 0 fully saturated rings. The number of hydrogen-bond acceptors (Lipinski definition) is 1. The quantitative estimate of drug-likeness (QED) is 0.720. The van der Waals surface area contributed by atoms with E-state index in [1.807, 2.05) is 6.92 Å². The highest BCUT2D eigenvalue weighted by Crippen LogP contribution is 2.24. The maximum atomic E-state index is 12.0. The Morgan fingerprint density at radius 3 is 2.71 bits per heavy atom. The fourth-order valence-corrected chi connectivity index (χ4v) is 1.30. The molecule has 0 amide bonds. The first-order chi connectivity index (χ1) is 6.69. The number of halogens is 2. The smallest absolute Gasteiger partial charge is 0.387 e. The molecule has 0 aliphatic heterocycles. The lowest BCUT2D eigenvalue weighted by Gasteiger charge is -2.11. The predicted molar refractivity (Wildman–Crippen MR) is 50.4 cm³/mol. The topological polar surface area (TPSA) is 9.23 Å². The predicted octanol–water partition coefficient (Wildman–Crippen LogP) is 3.19. The van der Waals surface area contributed by atoms with Crippen LogP contribution in [-0.4, -0.2) is 6.61 Å². The van der Waals surface area contributed by atoms with Crippen LogP contribution in [0.2, 0.25) is 0 Å². The second-order valence-electron chi connectivity index (χ2n) is 2.69. The van der Waals surface area contributed by atoms with Crippen molar-refractivity contribution in [1.82, 2.24) is 0 Å². The zero-order chi connectivity index (χ0) is 10.6. The molecular weight excluding hydrogens is 186 g/mol. The second-order valence-corrected chi connectivity index (χ2v) is 2.69. The molecule has 1 radical (unpaired) electrons. The summed E-state index contributed by atoms with van der Waals surface area (Å²) in [6, 6.07) is 4.93. The van der Waals surface area contributed by atoms with E-state index in [9.17, 15) is 8.78 Å². The van der Waals surface area contributed by atoms with Crippen LogP contribution < -0.4 is 4.74 Å². The zero-order valence-corrected chi connectivity index (χ0v) is 7.89. The lowest BCUT2D eigenvalue weighted by molar-refractivity contribution is -0.0504. The molecule has 0 bridgehead atoms. The highest BCUT2D eigenvalue weighted by Gasteiger charge is 2.10. The number of ether oxygens (including phenoxy) is 1. The molecule has 1 aromatic carbocycles. The molecule has 0 atom stereocenters. The van der Waals surface area contributed by atoms with Crippen molar-refractivity contribution in [1.29, 1.82) is 0 Å². The van der Waals surface area contributed by atoms with Crippen molar-refractivity contribution in [2.75, 3.05) is 0 Å². The van der Waals surface area contributed by atoms with E-state index in [-0.39, 0.29) is 5.75 Å². The van der Waals surface area contributed by atoms with Gasteiger partial charge in [-0.15, -0.1) is 0 Å². The van der Waals surface area contributed by atoms with Gasteiger partial charge in [0.2, 0.25) is 0 Å². The highest BCUT2D eigenvalue weighted by atomic mass is 19.3. The van der Waals surface area contributed by atoms with Crippen molar-refractivity contribution in [3.63, 3.8) is 0 Å². The first-order valence-electron chi connectivity index (χ1n) is 4.28. The minimum absolute atomic E-state index is 0.205. The lowest BCUT2D eigenvalue weighted by atomic mass is 10.0. The Morgan fingerprint density at radius 1 is 1.50 bits per heavy atom. The maximum Gasteiger partial charge on any atom is 0.387 e. The van der Waals surface area contributed by atoms with Gasteiger partial charge in [-0.05, 0) is 24.1 Å². The molecule has 0 saturated carbocycles. The minimum atomic E-state index is -2.79. The van der Waals surface area contributed by atoms with Gasteiger partial charge in [0.25, 0.3) is 0 Å². The van der Waals surface area contributed by atoms with Gasteiger partial charge in [0.05, 0.1) is 0 Å². The molecule has 1 aromatic rings. The Kier molecular flexibility index (Phi) is 3.63. The Balaban J connectivity index is 3.08. The van der Waals surface area contributed by atoms with E-state index in [0.29, 0.717) is 17.5 Å². The summed E-state index contributed by atoms with van der Waals surface area (Å²) in [6.07, 6.45) is 3.30. The first-order valence-corrected chi connectivity index (χ1v) is 4.28. The summed E-state index contributed by atoms with van der Waals surface area (Å²) in [7, 11) is 0. The highest BCUT2D eigenvalue weighted by molar-refractivity contribution is 5.42. The van der Waals surface area contributed by atoms with Crippen molar-refractivity contribution >= 4 is 0 Å². The van der Waals surface area contributed by atoms with Crippen LogP contribution >= 0.6 is 0 Å². The van der Waals surface area contributed by atoms with Gasteiger partial charge < -0.3 is 4.74 Å². The van der Waals surface area contributed by atoms with E-state index in [2.05, 4.69) is 17.4 Å². The van der Waals surface area contributed by atoms with Crippen molar-refractivity contribution in [2.45, 2.75) is 20.0 Å². The second kappa shape index (κ2) is 4.74. The van der Waals surface area contributed by atoms with Gasteiger partial charge in [0.15, 0.2) is 0 Å². The monoisotopic (exact) mass is 197 g/mol. The Bertz CT molecular complexity index is 321. The molecule has 1 rings (SSSR count). The average molecular weight is 197 g/mol. The van der Waals surface area contributed by atoms with Gasteiger partial charge in [-0.3, -0.25) is 0 Å². The molecule has 0 aliphatic carbocycles. The summed E-state index contributed by atoms with van der Waals surface area (Å²) >= 11 is 0. The molecule has 0 aliphatic rings. The van der Waals surface area contributed by atoms with E-state index >= 15 is 0 Å². The minimum Gasteiger partial charge on any atom is -0.435 e. The fourth-order valence-electron chi connectivity index (χ4n) is 1.30. The first kappa shape index (κ1) is 10.7. The lowest BCUT2D eigenvalue weighted by Crippen LogP contribution is -2.05. The number of benzene rings is 1. The average Bonchev–Trinajstić information content (AvgIpc) is 2.16. The summed E-state index contributed by atoms with van der Waals surface area (Å²) in [4.78, 5) is 0. The van der Waals surface area contributed by atoms with Gasteiger partial charge in [-0.1, -0.05) is 25.6 Å². The summed E-state index contributed by atoms with van der Waals surface area (Å²) in [5.41, 5.74) is 1.42. The Hall–Kier alpha value is -1.38. The number of alkyl halides is 2. The molecule has 0 saturated heterocycles. The summed E-state index contributed by atoms with van der Waals surface area (Å²) in [6.45, 7) is 2.57. The largest absolute Gasteiger partial charge is 0.435 e. The standard InChI is InChI=1S/C11H11F2O/c1-3-8-6-5-7-10(9(8)4-2)14-11(12)13/h5-7,11H,1,4H2,2H3. The van der Waals surface area contributed by atoms with Gasteiger partial charge in [-0.2, -0.15) is 8.78 Å². The molecule has 75 valence electrons. The van der Waals surface area contributed by atoms with E-state index < -0.39 is 6.61 Å².